The zero-order valence-corrected chi connectivity index (χ0v) is 14.9. The maximum atomic E-state index is 13.8. The van der Waals surface area contributed by atoms with E-state index in [2.05, 4.69) is 10.1 Å². The predicted octanol–water partition coefficient (Wildman–Crippen LogP) is 6.07. The fourth-order valence-corrected chi connectivity index (χ4v) is 3.24. The van der Waals surface area contributed by atoms with Gasteiger partial charge in [-0.15, -0.1) is 0 Å². The fraction of sp³-hybridized carbons (Fsp3) is 0.100. The quantitative estimate of drug-likeness (QED) is 0.418. The summed E-state index contributed by atoms with van der Waals surface area (Å²) >= 11 is 6.04. The first kappa shape index (κ1) is 17.5. The number of aryl methyl sites for hydroxylation is 1. The summed E-state index contributed by atoms with van der Waals surface area (Å²) in [4.78, 5) is 4.50. The second kappa shape index (κ2) is 6.39. The first-order chi connectivity index (χ1) is 12.8. The molecule has 0 fully saturated rings. The Bertz CT molecular complexity index is 1130. The zero-order valence-electron chi connectivity index (χ0n) is 14.1. The highest BCUT2D eigenvalue weighted by Gasteiger charge is 2.35. The van der Waals surface area contributed by atoms with Crippen LogP contribution in [-0.2, 0) is 6.18 Å². The molecule has 7 heteroatoms. The van der Waals surface area contributed by atoms with E-state index in [-0.39, 0.29) is 22.4 Å². The molecule has 0 unspecified atom stereocenters. The lowest BCUT2D eigenvalue weighted by molar-refractivity contribution is -0.136. The molecule has 0 bridgehead atoms. The van der Waals surface area contributed by atoms with E-state index in [1.54, 1.807) is 61.5 Å². The van der Waals surface area contributed by atoms with Crippen LogP contribution < -0.4 is 0 Å². The minimum absolute atomic E-state index is 0.0119. The summed E-state index contributed by atoms with van der Waals surface area (Å²) in [6, 6.07) is 16.6. The largest absolute Gasteiger partial charge is 0.417 e. The molecule has 4 aromatic rings. The summed E-state index contributed by atoms with van der Waals surface area (Å²) < 4.78 is 42.8. The molecule has 2 heterocycles. The molecule has 0 spiro atoms. The number of alkyl halides is 3. The van der Waals surface area contributed by atoms with Gasteiger partial charge in [-0.05, 0) is 31.2 Å². The fourth-order valence-electron chi connectivity index (χ4n) is 3.06. The van der Waals surface area contributed by atoms with Gasteiger partial charge >= 0.3 is 6.18 Å². The summed E-state index contributed by atoms with van der Waals surface area (Å²) in [5.74, 6) is 0. The highest BCUT2D eigenvalue weighted by Crippen LogP contribution is 2.38. The van der Waals surface area contributed by atoms with E-state index in [1.165, 1.54) is 4.68 Å². The van der Waals surface area contributed by atoms with Crippen molar-refractivity contribution in [3.05, 3.63) is 76.9 Å². The first-order valence-corrected chi connectivity index (χ1v) is 8.51. The van der Waals surface area contributed by atoms with Crippen LogP contribution in [0.1, 0.15) is 11.3 Å². The van der Waals surface area contributed by atoms with Crippen molar-refractivity contribution in [3.8, 4) is 16.9 Å². The normalized spacial score (nSPS) is 11.9. The lowest BCUT2D eigenvalue weighted by Crippen LogP contribution is -2.08. The highest BCUT2D eigenvalue weighted by atomic mass is 35.5. The molecule has 0 N–H and O–H groups in total. The molecule has 2 aromatic carbocycles. The number of pyridine rings is 1. The van der Waals surface area contributed by atoms with Crippen LogP contribution in [0.3, 0.4) is 0 Å². The minimum atomic E-state index is -4.53. The number of hydrogen-bond acceptors (Lipinski definition) is 2. The van der Waals surface area contributed by atoms with Crippen molar-refractivity contribution in [3.63, 3.8) is 0 Å². The predicted molar refractivity (Wildman–Crippen MR) is 99.1 cm³/mol. The summed E-state index contributed by atoms with van der Waals surface area (Å²) in [5, 5.41) is 4.76. The Morgan fingerprint density at radius 3 is 2.37 bits per heavy atom. The zero-order chi connectivity index (χ0) is 19.2. The average Bonchev–Trinajstić information content (AvgIpc) is 2.98. The molecule has 0 amide bonds. The molecule has 0 radical (unpaired) electrons. The van der Waals surface area contributed by atoms with Crippen molar-refractivity contribution in [2.24, 2.45) is 0 Å². The number of fused-ring (bicyclic) bond motifs is 1. The number of hydrogen-bond donors (Lipinski definition) is 0. The molecule has 3 nitrogen and oxygen atoms in total. The van der Waals surface area contributed by atoms with E-state index in [4.69, 9.17) is 11.6 Å². The van der Waals surface area contributed by atoms with Gasteiger partial charge in [0.25, 0.3) is 0 Å². The molecule has 27 heavy (non-hydrogen) atoms. The van der Waals surface area contributed by atoms with Crippen molar-refractivity contribution >= 4 is 22.6 Å². The van der Waals surface area contributed by atoms with Crippen LogP contribution in [0.4, 0.5) is 13.2 Å². The maximum absolute atomic E-state index is 13.8. The Labute approximate surface area is 158 Å². The van der Waals surface area contributed by atoms with Gasteiger partial charge in [-0.1, -0.05) is 48.0 Å². The molecule has 0 aliphatic heterocycles. The van der Waals surface area contributed by atoms with E-state index in [1.807, 2.05) is 0 Å². The van der Waals surface area contributed by atoms with Gasteiger partial charge < -0.3 is 0 Å². The molecular formula is C20H13ClF3N3. The Hall–Kier alpha value is -2.86. The monoisotopic (exact) mass is 387 g/mol. The standard InChI is InChI=1S/C20H13ClF3N3/c1-12-18-16(20(22,23)24)11-17(13-6-3-2-4-7-13)25-19(18)27(26-12)15-9-5-8-14(21)10-15/h2-11H,1H3. The van der Waals surface area contributed by atoms with Gasteiger partial charge in [0.15, 0.2) is 5.65 Å². The van der Waals surface area contributed by atoms with Gasteiger partial charge in [0.1, 0.15) is 0 Å². The molecule has 0 saturated carbocycles. The second-order valence-electron chi connectivity index (χ2n) is 6.09. The van der Waals surface area contributed by atoms with Gasteiger partial charge in [0, 0.05) is 10.6 Å². The summed E-state index contributed by atoms with van der Waals surface area (Å²) in [6.45, 7) is 1.54. The summed E-state index contributed by atoms with van der Waals surface area (Å²) in [5.41, 5.74) is 1.02. The second-order valence-corrected chi connectivity index (χ2v) is 6.53. The third kappa shape index (κ3) is 3.17. The molecule has 0 atom stereocenters. The average molecular weight is 388 g/mol. The van der Waals surface area contributed by atoms with Gasteiger partial charge in [-0.25, -0.2) is 9.67 Å². The van der Waals surface area contributed by atoms with E-state index in [9.17, 15) is 13.2 Å². The van der Waals surface area contributed by atoms with E-state index < -0.39 is 11.7 Å². The minimum Gasteiger partial charge on any atom is -0.228 e. The Morgan fingerprint density at radius 2 is 1.70 bits per heavy atom. The summed E-state index contributed by atoms with van der Waals surface area (Å²) in [7, 11) is 0. The molecule has 0 aliphatic rings. The number of nitrogens with zero attached hydrogens (tertiary/aromatic N) is 3. The van der Waals surface area contributed by atoms with Gasteiger partial charge in [0.2, 0.25) is 0 Å². The number of rotatable bonds is 2. The van der Waals surface area contributed by atoms with Gasteiger partial charge in [-0.3, -0.25) is 0 Å². The Morgan fingerprint density at radius 1 is 0.963 bits per heavy atom. The van der Waals surface area contributed by atoms with E-state index >= 15 is 0 Å². The number of benzene rings is 2. The van der Waals surface area contributed by atoms with E-state index in [0.29, 0.717) is 16.3 Å². The third-order valence-electron chi connectivity index (χ3n) is 4.24. The van der Waals surface area contributed by atoms with Crippen LogP contribution in [0.25, 0.3) is 28.0 Å². The molecule has 4 rings (SSSR count). The maximum Gasteiger partial charge on any atom is 0.417 e. The van der Waals surface area contributed by atoms with Crippen molar-refractivity contribution in [2.75, 3.05) is 0 Å². The van der Waals surface area contributed by atoms with Crippen LogP contribution in [-0.4, -0.2) is 14.8 Å². The van der Waals surface area contributed by atoms with Crippen molar-refractivity contribution < 1.29 is 13.2 Å². The lowest BCUT2D eigenvalue weighted by atomic mass is 10.1. The van der Waals surface area contributed by atoms with Crippen molar-refractivity contribution in [2.45, 2.75) is 13.1 Å². The van der Waals surface area contributed by atoms with Gasteiger partial charge in [0.05, 0.1) is 28.0 Å². The molecule has 2 aromatic heterocycles. The molecule has 136 valence electrons. The van der Waals surface area contributed by atoms with Crippen molar-refractivity contribution in [1.29, 1.82) is 0 Å². The molecule has 0 aliphatic carbocycles. The Balaban J connectivity index is 2.08. The summed E-state index contributed by atoms with van der Waals surface area (Å²) in [6.07, 6.45) is -4.53. The topological polar surface area (TPSA) is 30.7 Å². The smallest absolute Gasteiger partial charge is 0.228 e. The lowest BCUT2D eigenvalue weighted by Gasteiger charge is -2.12. The van der Waals surface area contributed by atoms with E-state index in [0.717, 1.165) is 6.07 Å². The van der Waals surface area contributed by atoms with Crippen LogP contribution in [0.5, 0.6) is 0 Å². The SMILES string of the molecule is Cc1nn(-c2cccc(Cl)c2)c2nc(-c3ccccc3)cc(C(F)(F)F)c12. The first-order valence-electron chi connectivity index (χ1n) is 8.13. The Kier molecular flexibility index (Phi) is 4.15. The van der Waals surface area contributed by atoms with Crippen LogP contribution in [0.2, 0.25) is 5.02 Å². The number of aromatic nitrogens is 3. The number of halogens is 4. The van der Waals surface area contributed by atoms with Crippen LogP contribution >= 0.6 is 11.6 Å². The van der Waals surface area contributed by atoms with Crippen molar-refractivity contribution in [1.82, 2.24) is 14.8 Å². The molecule has 0 saturated heterocycles. The third-order valence-corrected chi connectivity index (χ3v) is 4.48. The van der Waals surface area contributed by atoms with Crippen LogP contribution in [0, 0.1) is 6.92 Å². The van der Waals surface area contributed by atoms with Gasteiger partial charge in [-0.2, -0.15) is 18.3 Å². The highest BCUT2D eigenvalue weighted by molar-refractivity contribution is 6.30. The van der Waals surface area contributed by atoms with Crippen LogP contribution in [0.15, 0.2) is 60.7 Å². The molecular weight excluding hydrogens is 375 g/mol.